The van der Waals surface area contributed by atoms with Crippen LogP contribution in [0.15, 0.2) is 64.1 Å². The molecule has 170 valence electrons. The molecule has 0 saturated heterocycles. The Bertz CT molecular complexity index is 1200. The number of carbonyl (C=O) groups is 2. The summed E-state index contributed by atoms with van der Waals surface area (Å²) in [5, 5.41) is 17.3. The predicted molar refractivity (Wildman–Crippen MR) is 121 cm³/mol. The maximum Gasteiger partial charge on any atom is 0.273 e. The van der Waals surface area contributed by atoms with Gasteiger partial charge in [0.2, 0.25) is 0 Å². The second-order valence-electron chi connectivity index (χ2n) is 7.03. The number of hydrogen-bond donors (Lipinski definition) is 2. The van der Waals surface area contributed by atoms with E-state index in [1.165, 1.54) is 12.3 Å². The van der Waals surface area contributed by atoms with Gasteiger partial charge in [-0.1, -0.05) is 30.3 Å². The van der Waals surface area contributed by atoms with Gasteiger partial charge in [0, 0.05) is 17.2 Å². The number of furan rings is 1. The molecule has 0 fully saturated rings. The third kappa shape index (κ3) is 6.26. The lowest BCUT2D eigenvalue weighted by Crippen LogP contribution is -2.37. The van der Waals surface area contributed by atoms with E-state index in [1.54, 1.807) is 43.3 Å². The van der Waals surface area contributed by atoms with E-state index in [1.807, 2.05) is 19.1 Å². The van der Waals surface area contributed by atoms with Gasteiger partial charge in [0.15, 0.2) is 6.61 Å². The van der Waals surface area contributed by atoms with Gasteiger partial charge in [-0.2, -0.15) is 5.10 Å². The van der Waals surface area contributed by atoms with E-state index < -0.39 is 16.7 Å². The summed E-state index contributed by atoms with van der Waals surface area (Å²) >= 11 is 0. The summed E-state index contributed by atoms with van der Waals surface area (Å²) in [6.07, 6.45) is 1.29. The lowest BCUT2D eigenvalue weighted by molar-refractivity contribution is -0.385. The van der Waals surface area contributed by atoms with E-state index >= 15 is 0 Å². The van der Waals surface area contributed by atoms with Crippen LogP contribution in [0.1, 0.15) is 16.9 Å². The van der Waals surface area contributed by atoms with E-state index in [0.29, 0.717) is 28.4 Å². The Kier molecular flexibility index (Phi) is 7.53. The zero-order valence-electron chi connectivity index (χ0n) is 18.0. The first-order valence-corrected chi connectivity index (χ1v) is 9.96. The van der Waals surface area contributed by atoms with Gasteiger partial charge >= 0.3 is 0 Å². The minimum Gasteiger partial charge on any atom is -0.484 e. The molecule has 2 amide bonds. The van der Waals surface area contributed by atoms with Crippen LogP contribution in [0.4, 0.5) is 5.69 Å². The zero-order valence-corrected chi connectivity index (χ0v) is 18.0. The number of rotatable bonds is 9. The van der Waals surface area contributed by atoms with Crippen molar-refractivity contribution < 1.29 is 23.7 Å². The number of nitro benzene ring substituents is 1. The molecule has 0 aliphatic carbocycles. The molecule has 3 rings (SSSR count). The molecule has 10 heteroatoms. The molecule has 1 heterocycles. The Morgan fingerprint density at radius 3 is 2.64 bits per heavy atom. The van der Waals surface area contributed by atoms with Gasteiger partial charge in [0.05, 0.1) is 17.7 Å². The maximum absolute atomic E-state index is 11.9. The van der Waals surface area contributed by atoms with Crippen LogP contribution in [-0.4, -0.2) is 36.1 Å². The highest BCUT2D eigenvalue weighted by Gasteiger charge is 2.16. The molecule has 0 aliphatic heterocycles. The molecular formula is C23H22N4O6. The first-order chi connectivity index (χ1) is 15.8. The summed E-state index contributed by atoms with van der Waals surface area (Å²) in [4.78, 5) is 34.4. The number of nitrogens with zero attached hydrogens (tertiary/aromatic N) is 2. The first kappa shape index (κ1) is 23.2. The summed E-state index contributed by atoms with van der Waals surface area (Å²) in [6.45, 7) is 3.02. The van der Waals surface area contributed by atoms with Crippen molar-refractivity contribution >= 4 is 23.7 Å². The van der Waals surface area contributed by atoms with Crippen LogP contribution in [0.25, 0.3) is 11.3 Å². The van der Waals surface area contributed by atoms with Crippen molar-refractivity contribution in [3.63, 3.8) is 0 Å². The average Bonchev–Trinajstić information content (AvgIpc) is 3.25. The molecule has 0 radical (unpaired) electrons. The van der Waals surface area contributed by atoms with Crippen molar-refractivity contribution in [1.82, 2.24) is 10.7 Å². The Balaban J connectivity index is 1.47. The Morgan fingerprint density at radius 2 is 1.88 bits per heavy atom. The molecule has 0 aliphatic rings. The molecule has 2 N–H and O–H groups in total. The first-order valence-electron chi connectivity index (χ1n) is 9.96. The largest absolute Gasteiger partial charge is 0.484 e. The van der Waals surface area contributed by atoms with Crippen molar-refractivity contribution in [2.24, 2.45) is 5.10 Å². The van der Waals surface area contributed by atoms with E-state index in [0.717, 1.165) is 5.56 Å². The molecule has 0 atom stereocenters. The third-order valence-electron chi connectivity index (χ3n) is 4.67. The fraction of sp³-hybridized carbons (Fsp3) is 0.174. The van der Waals surface area contributed by atoms with Crippen LogP contribution < -0.4 is 15.5 Å². The van der Waals surface area contributed by atoms with Gasteiger partial charge in [0.1, 0.15) is 17.3 Å². The zero-order chi connectivity index (χ0) is 23.8. The fourth-order valence-electron chi connectivity index (χ4n) is 2.95. The van der Waals surface area contributed by atoms with Crippen molar-refractivity contribution in [3.8, 4) is 17.1 Å². The molecule has 0 saturated carbocycles. The second kappa shape index (κ2) is 10.7. The molecular weight excluding hydrogens is 428 g/mol. The van der Waals surface area contributed by atoms with Gasteiger partial charge < -0.3 is 14.5 Å². The van der Waals surface area contributed by atoms with Gasteiger partial charge in [-0.05, 0) is 37.6 Å². The van der Waals surface area contributed by atoms with Crippen molar-refractivity contribution in [1.29, 1.82) is 0 Å². The van der Waals surface area contributed by atoms with E-state index in [9.17, 15) is 19.7 Å². The Labute approximate surface area is 189 Å². The van der Waals surface area contributed by atoms with Crippen LogP contribution in [0.3, 0.4) is 0 Å². The van der Waals surface area contributed by atoms with Gasteiger partial charge in [-0.3, -0.25) is 19.7 Å². The highest BCUT2D eigenvalue weighted by atomic mass is 16.6. The van der Waals surface area contributed by atoms with Gasteiger partial charge in [0.25, 0.3) is 17.5 Å². The minimum atomic E-state index is -0.531. The number of nitro groups is 1. The van der Waals surface area contributed by atoms with Gasteiger partial charge in [-0.15, -0.1) is 0 Å². The summed E-state index contributed by atoms with van der Waals surface area (Å²) in [7, 11) is 0. The number of ether oxygens (including phenoxy) is 1. The summed E-state index contributed by atoms with van der Waals surface area (Å²) < 4.78 is 11.1. The normalized spacial score (nSPS) is 10.7. The van der Waals surface area contributed by atoms with Crippen LogP contribution in [0.5, 0.6) is 5.75 Å². The number of amides is 2. The number of aryl methyl sites for hydroxylation is 1. The summed E-state index contributed by atoms with van der Waals surface area (Å²) in [6, 6.07) is 15.3. The fourth-order valence-corrected chi connectivity index (χ4v) is 2.95. The molecule has 33 heavy (non-hydrogen) atoms. The van der Waals surface area contributed by atoms with E-state index in [2.05, 4.69) is 15.8 Å². The number of hydrogen-bond acceptors (Lipinski definition) is 7. The number of benzene rings is 2. The minimum absolute atomic E-state index is 0.00210. The van der Waals surface area contributed by atoms with Gasteiger partial charge in [-0.25, -0.2) is 5.43 Å². The van der Waals surface area contributed by atoms with Crippen molar-refractivity contribution in [2.45, 2.75) is 13.8 Å². The molecule has 1 aromatic heterocycles. The van der Waals surface area contributed by atoms with Crippen molar-refractivity contribution in [2.75, 3.05) is 13.2 Å². The number of hydrazone groups is 1. The predicted octanol–water partition coefficient (Wildman–Crippen LogP) is 3.12. The van der Waals surface area contributed by atoms with E-state index in [4.69, 9.17) is 9.15 Å². The molecule has 2 aromatic carbocycles. The standard InChI is InChI=1S/C23H22N4O6/c1-15-6-3-4-9-20(15)32-14-23(29)24-13-22(28)26-25-12-17-10-11-21(33-17)18-7-5-8-19(16(18)2)27(30)31/h3-12H,13-14H2,1-2H3,(H,24,29)(H,26,28)/b25-12-. The summed E-state index contributed by atoms with van der Waals surface area (Å²) in [5.74, 6) is 0.397. The molecule has 0 bridgehead atoms. The quantitative estimate of drug-likeness (QED) is 0.292. The smallest absolute Gasteiger partial charge is 0.273 e. The maximum atomic E-state index is 11.9. The SMILES string of the molecule is Cc1ccccc1OCC(=O)NCC(=O)N/N=C\c1ccc(-c2cccc([N+](=O)[O-])c2C)o1. The highest BCUT2D eigenvalue weighted by Crippen LogP contribution is 2.30. The van der Waals surface area contributed by atoms with Crippen molar-refractivity contribution in [3.05, 3.63) is 81.6 Å². The molecule has 10 nitrogen and oxygen atoms in total. The van der Waals surface area contributed by atoms with E-state index in [-0.39, 0.29) is 18.8 Å². The number of nitrogens with one attached hydrogen (secondary N) is 2. The molecule has 3 aromatic rings. The van der Waals surface area contributed by atoms with Crippen LogP contribution >= 0.6 is 0 Å². The Morgan fingerprint density at radius 1 is 1.09 bits per heavy atom. The average molecular weight is 450 g/mol. The lowest BCUT2D eigenvalue weighted by Gasteiger charge is -2.08. The molecule has 0 unspecified atom stereocenters. The molecule has 0 spiro atoms. The third-order valence-corrected chi connectivity index (χ3v) is 4.67. The lowest BCUT2D eigenvalue weighted by atomic mass is 10.1. The Hall–Kier alpha value is -4.47. The monoisotopic (exact) mass is 450 g/mol. The highest BCUT2D eigenvalue weighted by molar-refractivity contribution is 5.86. The van der Waals surface area contributed by atoms with Crippen LogP contribution in [0, 0.1) is 24.0 Å². The van der Waals surface area contributed by atoms with Crippen LogP contribution in [0.2, 0.25) is 0 Å². The summed E-state index contributed by atoms with van der Waals surface area (Å²) in [5.41, 5.74) is 4.25. The number of carbonyl (C=O) groups excluding carboxylic acids is 2. The second-order valence-corrected chi connectivity index (χ2v) is 7.03. The van der Waals surface area contributed by atoms with Crippen LogP contribution in [-0.2, 0) is 9.59 Å². The topological polar surface area (TPSA) is 136 Å². The number of para-hydroxylation sites is 1.